The van der Waals surface area contributed by atoms with Crippen LogP contribution in [0.5, 0.6) is 0 Å². The van der Waals surface area contributed by atoms with Gasteiger partial charge >= 0.3 is 0 Å². The van der Waals surface area contributed by atoms with Crippen molar-refractivity contribution < 1.29 is 9.21 Å². The molecule has 3 N–H and O–H groups in total. The van der Waals surface area contributed by atoms with Crippen molar-refractivity contribution in [3.63, 3.8) is 0 Å². The van der Waals surface area contributed by atoms with Gasteiger partial charge in [-0.2, -0.15) is 0 Å². The number of hydrogen-bond acceptors (Lipinski definition) is 4. The summed E-state index contributed by atoms with van der Waals surface area (Å²) in [6, 6.07) is 4.84. The van der Waals surface area contributed by atoms with E-state index in [1.165, 1.54) is 0 Å². The first kappa shape index (κ1) is 19.5. The number of oxazole rings is 1. The molecule has 5 nitrogen and oxygen atoms in total. The number of hydrogen-bond donors (Lipinski definition) is 2. The van der Waals surface area contributed by atoms with E-state index in [1.807, 2.05) is 47.6 Å². The van der Waals surface area contributed by atoms with Crippen LogP contribution in [-0.4, -0.2) is 16.9 Å². The van der Waals surface area contributed by atoms with Crippen LogP contribution in [0.4, 0.5) is 5.69 Å². The minimum atomic E-state index is -0.578. The highest BCUT2D eigenvalue weighted by molar-refractivity contribution is 5.96. The Morgan fingerprint density at radius 1 is 1.22 bits per heavy atom. The molecule has 0 saturated heterocycles. The Morgan fingerprint density at radius 3 is 2.35 bits per heavy atom. The molecule has 1 heterocycles. The maximum Gasteiger partial charge on any atom is 0.241 e. The summed E-state index contributed by atoms with van der Waals surface area (Å²) in [7, 11) is 0. The van der Waals surface area contributed by atoms with E-state index in [9.17, 15) is 4.79 Å². The van der Waals surface area contributed by atoms with Crippen molar-refractivity contribution in [3.8, 4) is 0 Å². The predicted molar refractivity (Wildman–Crippen MR) is 96.0 cm³/mol. The van der Waals surface area contributed by atoms with Crippen LogP contribution in [0.3, 0.4) is 0 Å². The van der Waals surface area contributed by atoms with Gasteiger partial charge in [-0.05, 0) is 23.6 Å². The van der Waals surface area contributed by atoms with E-state index in [0.717, 1.165) is 5.52 Å². The Balaban J connectivity index is 0.00000264. The Morgan fingerprint density at radius 2 is 1.83 bits per heavy atom. The molecule has 6 heteroatoms. The lowest BCUT2D eigenvalue weighted by Gasteiger charge is -2.25. The summed E-state index contributed by atoms with van der Waals surface area (Å²) in [4.78, 5) is 16.7. The molecule has 2 rings (SSSR count). The van der Waals surface area contributed by atoms with Gasteiger partial charge in [0.25, 0.3) is 0 Å². The zero-order valence-corrected chi connectivity index (χ0v) is 15.4. The molecular formula is C17H26ClN3O2. The second kappa shape index (κ2) is 6.49. The Labute approximate surface area is 143 Å². The van der Waals surface area contributed by atoms with Crippen LogP contribution >= 0.6 is 12.4 Å². The van der Waals surface area contributed by atoms with Crippen molar-refractivity contribution in [2.75, 3.05) is 5.32 Å². The summed E-state index contributed by atoms with van der Waals surface area (Å²) >= 11 is 0. The predicted octanol–water partition coefficient (Wildman–Crippen LogP) is 3.86. The summed E-state index contributed by atoms with van der Waals surface area (Å²) in [5, 5.41) is 2.84. The number of carbonyl (C=O) groups excluding carboxylic acids is 1. The van der Waals surface area contributed by atoms with Gasteiger partial charge in [-0.3, -0.25) is 4.79 Å². The van der Waals surface area contributed by atoms with E-state index in [-0.39, 0.29) is 29.1 Å². The average Bonchev–Trinajstić information content (AvgIpc) is 2.79. The highest BCUT2D eigenvalue weighted by Crippen LogP contribution is 2.27. The number of rotatable bonds is 2. The van der Waals surface area contributed by atoms with Gasteiger partial charge in [0.15, 0.2) is 5.58 Å². The quantitative estimate of drug-likeness (QED) is 0.870. The molecule has 128 valence electrons. The number of aromatic nitrogens is 1. The van der Waals surface area contributed by atoms with E-state index in [1.54, 1.807) is 12.1 Å². The van der Waals surface area contributed by atoms with E-state index < -0.39 is 6.04 Å². The van der Waals surface area contributed by atoms with Gasteiger partial charge in [-0.1, -0.05) is 41.5 Å². The molecule has 0 saturated carbocycles. The molecule has 0 aliphatic heterocycles. The third-order valence-electron chi connectivity index (χ3n) is 3.51. The Hall–Kier alpha value is -1.59. The number of fused-ring (bicyclic) bond motifs is 1. The Kier molecular flexibility index (Phi) is 5.49. The van der Waals surface area contributed by atoms with Crippen LogP contribution in [0.2, 0.25) is 0 Å². The molecule has 0 spiro atoms. The molecule has 0 unspecified atom stereocenters. The fourth-order valence-electron chi connectivity index (χ4n) is 1.94. The van der Waals surface area contributed by atoms with E-state index in [4.69, 9.17) is 10.2 Å². The third kappa shape index (κ3) is 4.45. The van der Waals surface area contributed by atoms with Crippen molar-refractivity contribution in [1.29, 1.82) is 0 Å². The second-order valence-corrected chi connectivity index (χ2v) is 7.78. The molecule has 0 aliphatic rings. The average molecular weight is 340 g/mol. The van der Waals surface area contributed by atoms with Crippen molar-refractivity contribution in [2.24, 2.45) is 11.1 Å². The normalized spacial score (nSPS) is 13.5. The number of nitrogens with two attached hydrogens (primary N) is 1. The smallest absolute Gasteiger partial charge is 0.241 e. The molecule has 0 radical (unpaired) electrons. The third-order valence-corrected chi connectivity index (χ3v) is 3.51. The van der Waals surface area contributed by atoms with Crippen LogP contribution in [0.1, 0.15) is 47.4 Å². The lowest BCUT2D eigenvalue weighted by atomic mass is 9.87. The molecule has 2 aromatic rings. The highest BCUT2D eigenvalue weighted by Gasteiger charge is 2.27. The lowest BCUT2D eigenvalue weighted by Crippen LogP contribution is -2.45. The first-order valence-corrected chi connectivity index (χ1v) is 7.46. The summed E-state index contributed by atoms with van der Waals surface area (Å²) in [5.74, 6) is 0.476. The van der Waals surface area contributed by atoms with Crippen LogP contribution in [-0.2, 0) is 10.2 Å². The topological polar surface area (TPSA) is 81.2 Å². The minimum absolute atomic E-state index is 0. The molecule has 1 aromatic carbocycles. The lowest BCUT2D eigenvalue weighted by molar-refractivity contribution is -0.119. The SMILES string of the molecule is CC(C)(C)c1nc2cc(NC(=O)[C@@H](N)C(C)(C)C)ccc2o1.Cl. The fourth-order valence-corrected chi connectivity index (χ4v) is 1.94. The number of anilines is 1. The van der Waals surface area contributed by atoms with Crippen LogP contribution in [0.15, 0.2) is 22.6 Å². The molecule has 1 amide bonds. The van der Waals surface area contributed by atoms with Gasteiger partial charge in [0.05, 0.1) is 6.04 Å². The second-order valence-electron chi connectivity index (χ2n) is 7.78. The Bertz CT molecular complexity index is 696. The van der Waals surface area contributed by atoms with E-state index in [2.05, 4.69) is 10.3 Å². The van der Waals surface area contributed by atoms with Gasteiger partial charge in [0.1, 0.15) is 5.52 Å². The largest absolute Gasteiger partial charge is 0.440 e. The maximum absolute atomic E-state index is 12.2. The molecule has 1 atom stereocenters. The first-order chi connectivity index (χ1) is 9.98. The van der Waals surface area contributed by atoms with Crippen molar-refractivity contribution in [1.82, 2.24) is 4.98 Å². The molecular weight excluding hydrogens is 314 g/mol. The van der Waals surface area contributed by atoms with Crippen LogP contribution < -0.4 is 11.1 Å². The number of carbonyl (C=O) groups is 1. The number of nitrogens with zero attached hydrogens (tertiary/aromatic N) is 1. The number of halogens is 1. The number of benzene rings is 1. The van der Waals surface area contributed by atoms with Crippen molar-refractivity contribution >= 4 is 35.1 Å². The summed E-state index contributed by atoms with van der Waals surface area (Å²) < 4.78 is 5.75. The molecule has 1 aromatic heterocycles. The van der Waals surface area contributed by atoms with Crippen LogP contribution in [0.25, 0.3) is 11.1 Å². The molecule has 23 heavy (non-hydrogen) atoms. The number of nitrogens with one attached hydrogen (secondary N) is 1. The standard InChI is InChI=1S/C17H25N3O2.ClH/c1-16(2,3)13(18)14(21)19-10-7-8-12-11(9-10)20-15(22-12)17(4,5)6;/h7-9,13H,18H2,1-6H3,(H,19,21);1H/t13-;/m1./s1. The van der Waals surface area contributed by atoms with E-state index >= 15 is 0 Å². The first-order valence-electron chi connectivity index (χ1n) is 7.46. The van der Waals surface area contributed by atoms with Crippen LogP contribution in [0, 0.1) is 5.41 Å². The summed E-state index contributed by atoms with van der Waals surface area (Å²) in [5.41, 5.74) is 7.64. The highest BCUT2D eigenvalue weighted by atomic mass is 35.5. The maximum atomic E-state index is 12.2. The monoisotopic (exact) mass is 339 g/mol. The molecule has 0 bridgehead atoms. The van der Waals surface area contributed by atoms with Gasteiger partial charge in [0.2, 0.25) is 11.8 Å². The van der Waals surface area contributed by atoms with Crippen molar-refractivity contribution in [3.05, 3.63) is 24.1 Å². The van der Waals surface area contributed by atoms with Gasteiger partial charge < -0.3 is 15.5 Å². The summed E-state index contributed by atoms with van der Waals surface area (Å²) in [6.45, 7) is 11.9. The zero-order valence-electron chi connectivity index (χ0n) is 14.6. The van der Waals surface area contributed by atoms with Gasteiger partial charge in [0, 0.05) is 11.1 Å². The fraction of sp³-hybridized carbons (Fsp3) is 0.529. The van der Waals surface area contributed by atoms with E-state index in [0.29, 0.717) is 17.2 Å². The minimum Gasteiger partial charge on any atom is -0.440 e. The number of amides is 1. The van der Waals surface area contributed by atoms with Gasteiger partial charge in [-0.15, -0.1) is 12.4 Å². The van der Waals surface area contributed by atoms with Gasteiger partial charge in [-0.25, -0.2) is 4.98 Å². The van der Waals surface area contributed by atoms with Crippen molar-refractivity contribution in [2.45, 2.75) is 53.0 Å². The zero-order chi connectivity index (χ0) is 16.7. The molecule has 0 aliphatic carbocycles. The molecule has 0 fully saturated rings. The summed E-state index contributed by atoms with van der Waals surface area (Å²) in [6.07, 6.45) is 0.